The molecule has 0 aliphatic heterocycles. The summed E-state index contributed by atoms with van der Waals surface area (Å²) in [4.78, 5) is 0. The van der Waals surface area contributed by atoms with Crippen molar-refractivity contribution in [3.05, 3.63) is 34.9 Å². The van der Waals surface area contributed by atoms with Crippen LogP contribution in [-0.2, 0) is 16.6 Å². The summed E-state index contributed by atoms with van der Waals surface area (Å²) in [6.07, 6.45) is 3.39. The van der Waals surface area contributed by atoms with E-state index in [2.05, 4.69) is 12.2 Å². The molecule has 0 amide bonds. The Bertz CT molecular complexity index is 452. The molecule has 0 spiro atoms. The molecule has 4 atom stereocenters. The summed E-state index contributed by atoms with van der Waals surface area (Å²) >= 11 is 6.16. The molecule has 1 aromatic rings. The topological polar surface area (TPSA) is 29.1 Å². The molecular weight excluding hydrogens is 278 g/mol. The normalized spacial score (nSPS) is 29.1. The Hall–Kier alpha value is -0.380. The molecule has 1 N–H and O–H groups in total. The van der Waals surface area contributed by atoms with Crippen molar-refractivity contribution in [2.45, 2.75) is 43.2 Å². The second-order valence-corrected chi connectivity index (χ2v) is 7.53. The monoisotopic (exact) mass is 299 g/mol. The zero-order chi connectivity index (χ0) is 13.8. The lowest BCUT2D eigenvalue weighted by Gasteiger charge is -2.34. The first kappa shape index (κ1) is 15.0. The molecule has 0 heterocycles. The lowest BCUT2D eigenvalue weighted by molar-refractivity contribution is 0.324. The van der Waals surface area contributed by atoms with Crippen LogP contribution in [0.4, 0.5) is 0 Å². The van der Waals surface area contributed by atoms with Crippen molar-refractivity contribution >= 4 is 22.4 Å². The summed E-state index contributed by atoms with van der Waals surface area (Å²) in [5.74, 6) is 1.24. The van der Waals surface area contributed by atoms with E-state index in [0.29, 0.717) is 17.7 Å². The zero-order valence-corrected chi connectivity index (χ0v) is 13.1. The van der Waals surface area contributed by atoms with Crippen LogP contribution < -0.4 is 5.32 Å². The summed E-state index contributed by atoms with van der Waals surface area (Å²) in [5, 5.41) is 4.29. The molecule has 4 unspecified atom stereocenters. The quantitative estimate of drug-likeness (QED) is 0.923. The third-order valence-electron chi connectivity index (χ3n) is 4.02. The molecule has 1 saturated carbocycles. The Balaban J connectivity index is 2.07. The Morgan fingerprint density at radius 1 is 1.37 bits per heavy atom. The van der Waals surface area contributed by atoms with E-state index in [1.165, 1.54) is 6.42 Å². The van der Waals surface area contributed by atoms with E-state index < -0.39 is 10.8 Å². The van der Waals surface area contributed by atoms with Crippen LogP contribution in [0.1, 0.15) is 31.7 Å². The Labute approximate surface area is 123 Å². The number of halogens is 1. The standard InChI is InChI=1S/C15H22ClNOS/c1-11-7-8-14(17-2)15(9-11)19(18)10-12-5-3-4-6-13(12)16/h3-6,11,14-15,17H,7-10H2,1-2H3. The maximum absolute atomic E-state index is 12.6. The van der Waals surface area contributed by atoms with Gasteiger partial charge in [0.05, 0.1) is 11.0 Å². The molecule has 0 aromatic heterocycles. The van der Waals surface area contributed by atoms with Gasteiger partial charge in [-0.05, 0) is 43.9 Å². The van der Waals surface area contributed by atoms with E-state index in [0.717, 1.165) is 23.4 Å². The molecule has 0 saturated heterocycles. The number of rotatable bonds is 4. The van der Waals surface area contributed by atoms with Crippen molar-refractivity contribution in [2.75, 3.05) is 7.05 Å². The molecule has 1 aliphatic rings. The second-order valence-electron chi connectivity index (χ2n) is 5.47. The molecule has 1 aliphatic carbocycles. The summed E-state index contributed by atoms with van der Waals surface area (Å²) < 4.78 is 12.6. The first-order chi connectivity index (χ1) is 9.11. The van der Waals surface area contributed by atoms with Gasteiger partial charge in [0.1, 0.15) is 0 Å². The Morgan fingerprint density at radius 3 is 2.79 bits per heavy atom. The highest BCUT2D eigenvalue weighted by Crippen LogP contribution is 2.29. The molecule has 19 heavy (non-hydrogen) atoms. The van der Waals surface area contributed by atoms with Gasteiger partial charge in [-0.1, -0.05) is 36.7 Å². The fraction of sp³-hybridized carbons (Fsp3) is 0.600. The van der Waals surface area contributed by atoms with Crippen molar-refractivity contribution in [1.82, 2.24) is 5.32 Å². The molecular formula is C15H22ClNOS. The highest BCUT2D eigenvalue weighted by atomic mass is 35.5. The van der Waals surface area contributed by atoms with E-state index in [4.69, 9.17) is 11.6 Å². The maximum Gasteiger partial charge on any atom is 0.0507 e. The van der Waals surface area contributed by atoms with Crippen LogP contribution in [0.15, 0.2) is 24.3 Å². The van der Waals surface area contributed by atoms with Gasteiger partial charge in [0, 0.05) is 21.9 Å². The van der Waals surface area contributed by atoms with E-state index in [1.807, 2.05) is 31.3 Å². The minimum Gasteiger partial charge on any atom is -0.316 e. The Morgan fingerprint density at radius 2 is 2.11 bits per heavy atom. The lowest BCUT2D eigenvalue weighted by atomic mass is 9.87. The number of nitrogens with one attached hydrogen (secondary N) is 1. The van der Waals surface area contributed by atoms with Crippen molar-refractivity contribution in [3.63, 3.8) is 0 Å². The molecule has 4 heteroatoms. The van der Waals surface area contributed by atoms with Crippen LogP contribution in [-0.4, -0.2) is 22.5 Å². The largest absolute Gasteiger partial charge is 0.316 e. The first-order valence-electron chi connectivity index (χ1n) is 6.89. The molecule has 2 nitrogen and oxygen atoms in total. The predicted octanol–water partition coefficient (Wildman–Crippen LogP) is 3.37. The minimum absolute atomic E-state index is 0.241. The van der Waals surface area contributed by atoms with Gasteiger partial charge in [-0.3, -0.25) is 4.21 Å². The van der Waals surface area contributed by atoms with E-state index in [1.54, 1.807) is 0 Å². The van der Waals surface area contributed by atoms with Crippen LogP contribution in [0, 0.1) is 5.92 Å². The van der Waals surface area contributed by atoms with E-state index in [9.17, 15) is 4.21 Å². The van der Waals surface area contributed by atoms with E-state index in [-0.39, 0.29) is 5.25 Å². The summed E-state index contributed by atoms with van der Waals surface area (Å²) in [5.41, 5.74) is 0.996. The van der Waals surface area contributed by atoms with Gasteiger partial charge in [-0.25, -0.2) is 0 Å². The summed E-state index contributed by atoms with van der Waals surface area (Å²) in [7, 11) is 1.11. The van der Waals surface area contributed by atoms with E-state index >= 15 is 0 Å². The van der Waals surface area contributed by atoms with Gasteiger partial charge in [0.2, 0.25) is 0 Å². The zero-order valence-electron chi connectivity index (χ0n) is 11.6. The number of hydrogen-bond donors (Lipinski definition) is 1. The van der Waals surface area contributed by atoms with Gasteiger partial charge in [0.15, 0.2) is 0 Å². The smallest absolute Gasteiger partial charge is 0.0507 e. The predicted molar refractivity (Wildman–Crippen MR) is 82.9 cm³/mol. The van der Waals surface area contributed by atoms with Crippen molar-refractivity contribution in [2.24, 2.45) is 5.92 Å². The third kappa shape index (κ3) is 3.80. The average Bonchev–Trinajstić information content (AvgIpc) is 2.41. The summed E-state index contributed by atoms with van der Waals surface area (Å²) in [6, 6.07) is 8.08. The highest BCUT2D eigenvalue weighted by Gasteiger charge is 2.31. The van der Waals surface area contributed by atoms with Gasteiger partial charge >= 0.3 is 0 Å². The van der Waals surface area contributed by atoms with Gasteiger partial charge < -0.3 is 5.32 Å². The number of hydrogen-bond acceptors (Lipinski definition) is 2. The van der Waals surface area contributed by atoms with Crippen LogP contribution in [0.2, 0.25) is 5.02 Å². The molecule has 1 fully saturated rings. The van der Waals surface area contributed by atoms with Crippen molar-refractivity contribution in [1.29, 1.82) is 0 Å². The molecule has 1 aromatic carbocycles. The van der Waals surface area contributed by atoms with Crippen LogP contribution in [0.25, 0.3) is 0 Å². The number of benzene rings is 1. The summed E-state index contributed by atoms with van der Waals surface area (Å²) in [6.45, 7) is 2.26. The van der Waals surface area contributed by atoms with Crippen molar-refractivity contribution < 1.29 is 4.21 Å². The van der Waals surface area contributed by atoms with Gasteiger partial charge in [0.25, 0.3) is 0 Å². The Kier molecular flexibility index (Phi) is 5.43. The molecule has 0 radical (unpaired) electrons. The fourth-order valence-electron chi connectivity index (χ4n) is 2.83. The van der Waals surface area contributed by atoms with Crippen LogP contribution in [0.3, 0.4) is 0 Å². The van der Waals surface area contributed by atoms with Crippen molar-refractivity contribution in [3.8, 4) is 0 Å². The molecule has 0 bridgehead atoms. The fourth-order valence-corrected chi connectivity index (χ4v) is 5.06. The lowest BCUT2D eigenvalue weighted by Crippen LogP contribution is -2.44. The molecule has 106 valence electrons. The molecule has 2 rings (SSSR count). The second kappa shape index (κ2) is 6.87. The SMILES string of the molecule is CNC1CCC(C)CC1S(=O)Cc1ccccc1Cl. The minimum atomic E-state index is -0.865. The van der Waals surface area contributed by atoms with Crippen LogP contribution in [0.5, 0.6) is 0 Å². The van der Waals surface area contributed by atoms with Gasteiger partial charge in [-0.2, -0.15) is 0 Å². The van der Waals surface area contributed by atoms with Gasteiger partial charge in [-0.15, -0.1) is 0 Å². The maximum atomic E-state index is 12.6. The third-order valence-corrected chi connectivity index (χ3v) is 6.18. The van der Waals surface area contributed by atoms with Crippen LogP contribution >= 0.6 is 11.6 Å². The first-order valence-corrected chi connectivity index (χ1v) is 8.65. The average molecular weight is 300 g/mol. The highest BCUT2D eigenvalue weighted by molar-refractivity contribution is 7.84.